The number of hydrogen-bond acceptors (Lipinski definition) is 5. The van der Waals surface area contributed by atoms with Gasteiger partial charge in [0.1, 0.15) is 12.1 Å². The minimum atomic E-state index is -0.945. The first-order chi connectivity index (χ1) is 11.9. The fraction of sp³-hybridized carbons (Fsp3) is 0.444. The van der Waals surface area contributed by atoms with E-state index in [0.29, 0.717) is 0 Å². The molecule has 0 radical (unpaired) electrons. The van der Waals surface area contributed by atoms with E-state index in [1.165, 1.54) is 14.0 Å². The van der Waals surface area contributed by atoms with Crippen molar-refractivity contribution in [1.29, 1.82) is 5.26 Å². The molecule has 1 aromatic rings. The zero-order valence-corrected chi connectivity index (χ0v) is 14.6. The van der Waals surface area contributed by atoms with Gasteiger partial charge in [-0.15, -0.1) is 0 Å². The van der Waals surface area contributed by atoms with Crippen molar-refractivity contribution in [1.82, 2.24) is 10.6 Å². The number of esters is 1. The van der Waals surface area contributed by atoms with Crippen LogP contribution < -0.4 is 10.6 Å². The van der Waals surface area contributed by atoms with Crippen LogP contribution in [0.2, 0.25) is 0 Å². The minimum absolute atomic E-state index is 0.132. The number of rotatable bonds is 8. The summed E-state index contributed by atoms with van der Waals surface area (Å²) in [5, 5.41) is 14.1. The number of nitriles is 1. The molecule has 0 bridgehead atoms. The van der Waals surface area contributed by atoms with Gasteiger partial charge in [-0.25, -0.2) is 4.79 Å². The molecule has 0 saturated carbocycles. The van der Waals surface area contributed by atoms with Gasteiger partial charge in [-0.2, -0.15) is 5.26 Å². The molecule has 0 heterocycles. The normalized spacial score (nSPS) is 13.7. The predicted octanol–water partition coefficient (Wildman–Crippen LogP) is 0.941. The van der Waals surface area contributed by atoms with Gasteiger partial charge in [0, 0.05) is 19.3 Å². The second-order valence-electron chi connectivity index (χ2n) is 5.79. The predicted molar refractivity (Wildman–Crippen MR) is 91.1 cm³/mol. The Balaban J connectivity index is 2.88. The number of nitrogens with one attached hydrogen (secondary N) is 2. The van der Waals surface area contributed by atoms with E-state index >= 15 is 0 Å². The van der Waals surface area contributed by atoms with Crippen molar-refractivity contribution in [3.63, 3.8) is 0 Å². The number of methoxy groups -OCH3 is 1. The maximum Gasteiger partial charge on any atom is 0.328 e. The Morgan fingerprint density at radius 2 is 1.80 bits per heavy atom. The third kappa shape index (κ3) is 7.04. The van der Waals surface area contributed by atoms with Gasteiger partial charge >= 0.3 is 5.97 Å². The number of carbonyl (C=O) groups is 3. The number of benzene rings is 1. The van der Waals surface area contributed by atoms with Crippen molar-refractivity contribution in [2.75, 3.05) is 7.11 Å². The Bertz CT molecular complexity index is 639. The van der Waals surface area contributed by atoms with Crippen molar-refractivity contribution in [3.05, 3.63) is 35.9 Å². The van der Waals surface area contributed by atoms with Gasteiger partial charge in [0.25, 0.3) is 0 Å². The molecule has 0 spiro atoms. The summed E-state index contributed by atoms with van der Waals surface area (Å²) < 4.78 is 4.69. The molecule has 0 unspecified atom stereocenters. The van der Waals surface area contributed by atoms with Crippen LogP contribution >= 0.6 is 0 Å². The van der Waals surface area contributed by atoms with E-state index in [1.54, 1.807) is 6.92 Å². The Morgan fingerprint density at radius 3 is 2.32 bits per heavy atom. The fourth-order valence-electron chi connectivity index (χ4n) is 2.34. The molecule has 7 nitrogen and oxygen atoms in total. The standard InChI is InChI=1S/C18H23N3O4/c1-12(11-19)9-16(18(24)25-3)21-17(23)15(20-13(2)22)10-14-7-5-4-6-8-14/h4-8,12,15-16H,9-10H2,1-3H3,(H,20,22)(H,21,23)/t12-,15+,16-/m0/s1. The van der Waals surface area contributed by atoms with Crippen molar-refractivity contribution >= 4 is 17.8 Å². The lowest BCUT2D eigenvalue weighted by atomic mass is 10.0. The third-order valence-electron chi connectivity index (χ3n) is 3.59. The van der Waals surface area contributed by atoms with Crippen LogP contribution in [-0.2, 0) is 25.5 Å². The third-order valence-corrected chi connectivity index (χ3v) is 3.59. The summed E-state index contributed by atoms with van der Waals surface area (Å²) in [5.41, 5.74) is 0.872. The smallest absolute Gasteiger partial charge is 0.328 e. The molecular formula is C18H23N3O4. The van der Waals surface area contributed by atoms with E-state index in [2.05, 4.69) is 15.4 Å². The molecule has 0 fully saturated rings. The monoisotopic (exact) mass is 345 g/mol. The topological polar surface area (TPSA) is 108 Å². The first-order valence-electron chi connectivity index (χ1n) is 7.96. The van der Waals surface area contributed by atoms with E-state index in [9.17, 15) is 14.4 Å². The molecule has 1 rings (SSSR count). The van der Waals surface area contributed by atoms with Gasteiger partial charge in [-0.1, -0.05) is 30.3 Å². The van der Waals surface area contributed by atoms with Crippen LogP contribution in [0, 0.1) is 17.2 Å². The Morgan fingerprint density at radius 1 is 1.16 bits per heavy atom. The number of ether oxygens (including phenoxy) is 1. The number of hydrogen-bond donors (Lipinski definition) is 2. The summed E-state index contributed by atoms with van der Waals surface area (Å²) in [7, 11) is 1.22. The van der Waals surface area contributed by atoms with E-state index in [0.717, 1.165) is 5.56 Å². The quantitative estimate of drug-likeness (QED) is 0.682. The summed E-state index contributed by atoms with van der Waals surface area (Å²) in [4.78, 5) is 35.9. The summed E-state index contributed by atoms with van der Waals surface area (Å²) in [6, 6.07) is 9.46. The van der Waals surface area contributed by atoms with E-state index in [-0.39, 0.29) is 18.7 Å². The second kappa shape index (κ2) is 10.1. The van der Waals surface area contributed by atoms with E-state index in [4.69, 9.17) is 5.26 Å². The van der Waals surface area contributed by atoms with Gasteiger partial charge in [-0.05, 0) is 18.9 Å². The molecule has 0 aliphatic heterocycles. The second-order valence-corrected chi connectivity index (χ2v) is 5.79. The lowest BCUT2D eigenvalue weighted by Gasteiger charge is -2.22. The zero-order chi connectivity index (χ0) is 18.8. The first kappa shape index (κ1) is 20.2. The molecule has 7 heteroatoms. The highest BCUT2D eigenvalue weighted by atomic mass is 16.5. The highest BCUT2D eigenvalue weighted by molar-refractivity contribution is 5.90. The molecule has 3 atom stereocenters. The van der Waals surface area contributed by atoms with Crippen LogP contribution in [0.25, 0.3) is 0 Å². The van der Waals surface area contributed by atoms with Crippen molar-refractivity contribution in [3.8, 4) is 6.07 Å². The Kier molecular flexibility index (Phi) is 8.13. The average molecular weight is 345 g/mol. The summed E-state index contributed by atoms with van der Waals surface area (Å²) in [6.45, 7) is 2.97. The molecule has 25 heavy (non-hydrogen) atoms. The van der Waals surface area contributed by atoms with Crippen LogP contribution in [0.1, 0.15) is 25.8 Å². The van der Waals surface area contributed by atoms with Crippen molar-refractivity contribution in [2.24, 2.45) is 5.92 Å². The maximum absolute atomic E-state index is 12.6. The summed E-state index contributed by atoms with van der Waals surface area (Å²) >= 11 is 0. The SMILES string of the molecule is COC(=O)[C@H](C[C@H](C)C#N)NC(=O)[C@@H](Cc1ccccc1)NC(C)=O. The van der Waals surface area contributed by atoms with Crippen molar-refractivity contribution in [2.45, 2.75) is 38.8 Å². The molecule has 1 aromatic carbocycles. The zero-order valence-electron chi connectivity index (χ0n) is 14.6. The van der Waals surface area contributed by atoms with Crippen LogP contribution in [0.5, 0.6) is 0 Å². The van der Waals surface area contributed by atoms with Crippen LogP contribution in [-0.4, -0.2) is 37.0 Å². The molecule has 0 saturated heterocycles. The lowest BCUT2D eigenvalue weighted by molar-refractivity contribution is -0.145. The molecule has 0 aliphatic carbocycles. The van der Waals surface area contributed by atoms with Crippen LogP contribution in [0.15, 0.2) is 30.3 Å². The summed E-state index contributed by atoms with van der Waals surface area (Å²) in [5.74, 6) is -1.91. The van der Waals surface area contributed by atoms with Crippen LogP contribution in [0.4, 0.5) is 0 Å². The molecule has 0 aliphatic rings. The minimum Gasteiger partial charge on any atom is -0.467 e. The molecule has 134 valence electrons. The van der Waals surface area contributed by atoms with Gasteiger partial charge in [0.15, 0.2) is 0 Å². The lowest BCUT2D eigenvalue weighted by Crippen LogP contribution is -2.52. The van der Waals surface area contributed by atoms with Gasteiger partial charge in [0.05, 0.1) is 13.2 Å². The molecule has 0 aromatic heterocycles. The molecule has 2 amide bonds. The number of nitrogens with zero attached hydrogens (tertiary/aromatic N) is 1. The summed E-state index contributed by atoms with van der Waals surface area (Å²) in [6.07, 6.45) is 0.418. The first-order valence-corrected chi connectivity index (χ1v) is 7.96. The maximum atomic E-state index is 12.6. The van der Waals surface area contributed by atoms with Gasteiger partial charge in [0.2, 0.25) is 11.8 Å². The van der Waals surface area contributed by atoms with E-state index < -0.39 is 29.9 Å². The van der Waals surface area contributed by atoms with Crippen LogP contribution in [0.3, 0.4) is 0 Å². The highest BCUT2D eigenvalue weighted by Gasteiger charge is 2.28. The Labute approximate surface area is 147 Å². The molecular weight excluding hydrogens is 322 g/mol. The van der Waals surface area contributed by atoms with E-state index in [1.807, 2.05) is 36.4 Å². The van der Waals surface area contributed by atoms with Crippen molar-refractivity contribution < 1.29 is 19.1 Å². The highest BCUT2D eigenvalue weighted by Crippen LogP contribution is 2.08. The number of carbonyl (C=O) groups excluding carboxylic acids is 3. The number of amides is 2. The van der Waals surface area contributed by atoms with Gasteiger partial charge in [-0.3, -0.25) is 9.59 Å². The Hall–Kier alpha value is -2.88. The van der Waals surface area contributed by atoms with Gasteiger partial charge < -0.3 is 15.4 Å². The fourth-order valence-corrected chi connectivity index (χ4v) is 2.34. The average Bonchev–Trinajstić information content (AvgIpc) is 2.60. The largest absolute Gasteiger partial charge is 0.467 e. The molecule has 2 N–H and O–H groups in total.